The summed E-state index contributed by atoms with van der Waals surface area (Å²) in [6, 6.07) is 14.2. The van der Waals surface area contributed by atoms with Gasteiger partial charge in [0, 0.05) is 0 Å². The van der Waals surface area contributed by atoms with Crippen LogP contribution >= 0.6 is 0 Å². The first-order valence-corrected chi connectivity index (χ1v) is 9.37. The van der Waals surface area contributed by atoms with Crippen LogP contribution in [0.1, 0.15) is 47.0 Å². The Bertz CT molecular complexity index is 1290. The Morgan fingerprint density at radius 3 is 1.34 bits per heavy atom. The second-order valence-corrected chi connectivity index (χ2v) is 7.15. The molecule has 2 aliphatic rings. The summed E-state index contributed by atoms with van der Waals surface area (Å²) in [6.07, 6.45) is -4.97. The number of carbonyl (C=O) groups is 4. The third-order valence-corrected chi connectivity index (χ3v) is 5.37. The van der Waals surface area contributed by atoms with Crippen molar-refractivity contribution in [1.29, 1.82) is 0 Å². The third kappa shape index (κ3) is 2.60. The molecule has 0 aromatic heterocycles. The molecule has 2 aliphatic heterocycles. The molecule has 0 radical (unpaired) electrons. The molecule has 0 bridgehead atoms. The molecule has 4 amide bonds. The number of fused-ring (bicyclic) bond motifs is 2. The van der Waals surface area contributed by atoms with Crippen LogP contribution < -0.4 is 9.80 Å². The Morgan fingerprint density at radius 2 is 0.938 bits per heavy atom. The second-order valence-electron chi connectivity index (χ2n) is 7.15. The van der Waals surface area contributed by atoms with E-state index in [1.165, 1.54) is 48.5 Å². The predicted molar refractivity (Wildman–Crippen MR) is 107 cm³/mol. The second kappa shape index (κ2) is 6.61. The molecular formula is C23H11F3N2O4. The highest BCUT2D eigenvalue weighted by molar-refractivity contribution is 6.39. The van der Waals surface area contributed by atoms with E-state index in [2.05, 4.69) is 0 Å². The van der Waals surface area contributed by atoms with Crippen molar-refractivity contribution in [3.8, 4) is 0 Å². The topological polar surface area (TPSA) is 74.8 Å². The number of amides is 4. The number of halogens is 3. The summed E-state index contributed by atoms with van der Waals surface area (Å²) in [5, 5.41) is 0. The van der Waals surface area contributed by atoms with E-state index in [0.29, 0.717) is 15.9 Å². The summed E-state index contributed by atoms with van der Waals surface area (Å²) >= 11 is 0. The smallest absolute Gasteiger partial charge is 0.268 e. The molecule has 0 fully saturated rings. The molecule has 5 rings (SSSR count). The van der Waals surface area contributed by atoms with Gasteiger partial charge >= 0.3 is 6.18 Å². The lowest BCUT2D eigenvalue weighted by molar-refractivity contribution is -0.137. The van der Waals surface area contributed by atoms with Crippen LogP contribution in [-0.4, -0.2) is 23.6 Å². The first-order chi connectivity index (χ1) is 15.2. The van der Waals surface area contributed by atoms with Crippen molar-refractivity contribution in [1.82, 2.24) is 0 Å². The lowest BCUT2D eigenvalue weighted by Crippen LogP contribution is -2.36. The molecule has 3 aromatic carbocycles. The van der Waals surface area contributed by atoms with Crippen LogP contribution in [0, 0.1) is 0 Å². The van der Waals surface area contributed by atoms with Gasteiger partial charge in [-0.25, -0.2) is 9.80 Å². The van der Waals surface area contributed by atoms with Crippen molar-refractivity contribution in [3.05, 3.63) is 94.5 Å². The third-order valence-electron chi connectivity index (χ3n) is 5.37. The first kappa shape index (κ1) is 19.7. The van der Waals surface area contributed by atoms with E-state index in [-0.39, 0.29) is 22.3 Å². The molecule has 0 spiro atoms. The van der Waals surface area contributed by atoms with E-state index in [0.717, 1.165) is 12.1 Å². The Morgan fingerprint density at radius 1 is 0.531 bits per heavy atom. The highest BCUT2D eigenvalue weighted by Gasteiger charge is 2.47. The molecule has 3 aromatic rings. The molecule has 0 aliphatic carbocycles. The van der Waals surface area contributed by atoms with Crippen LogP contribution in [0.2, 0.25) is 0 Å². The molecule has 9 heteroatoms. The normalized spacial score (nSPS) is 15.5. The van der Waals surface area contributed by atoms with Crippen molar-refractivity contribution in [2.45, 2.75) is 6.18 Å². The quantitative estimate of drug-likeness (QED) is 0.562. The minimum Gasteiger partial charge on any atom is -0.268 e. The number of carbonyl (C=O) groups excluding carboxylic acids is 4. The average Bonchev–Trinajstić information content (AvgIpc) is 3.18. The van der Waals surface area contributed by atoms with Gasteiger partial charge < -0.3 is 0 Å². The van der Waals surface area contributed by atoms with Crippen molar-refractivity contribution >= 4 is 35.0 Å². The van der Waals surface area contributed by atoms with E-state index >= 15 is 0 Å². The number of benzene rings is 3. The van der Waals surface area contributed by atoms with Crippen molar-refractivity contribution in [2.24, 2.45) is 0 Å². The monoisotopic (exact) mass is 436 g/mol. The Balaban J connectivity index is 1.76. The maximum Gasteiger partial charge on any atom is 0.418 e. The maximum atomic E-state index is 14.0. The van der Waals surface area contributed by atoms with Crippen molar-refractivity contribution < 1.29 is 32.3 Å². The van der Waals surface area contributed by atoms with Gasteiger partial charge in [0.1, 0.15) is 0 Å². The van der Waals surface area contributed by atoms with Crippen molar-refractivity contribution in [2.75, 3.05) is 9.80 Å². The number of para-hydroxylation sites is 1. The highest BCUT2D eigenvalue weighted by Crippen LogP contribution is 2.46. The summed E-state index contributed by atoms with van der Waals surface area (Å²) in [5.74, 6) is -3.63. The zero-order valence-corrected chi connectivity index (χ0v) is 16.0. The molecule has 0 unspecified atom stereocenters. The minimum absolute atomic E-state index is 0.0169. The Hall–Kier alpha value is -4.27. The van der Waals surface area contributed by atoms with Crippen LogP contribution in [0.25, 0.3) is 0 Å². The number of hydrogen-bond acceptors (Lipinski definition) is 4. The number of imide groups is 2. The van der Waals surface area contributed by atoms with Crippen LogP contribution in [0.4, 0.5) is 24.5 Å². The van der Waals surface area contributed by atoms with Gasteiger partial charge in [0.05, 0.1) is 39.2 Å². The van der Waals surface area contributed by atoms with Crippen molar-refractivity contribution in [3.63, 3.8) is 0 Å². The lowest BCUT2D eigenvalue weighted by atomic mass is 10.1. The number of nitrogens with zero attached hydrogens (tertiary/aromatic N) is 2. The van der Waals surface area contributed by atoms with Crippen LogP contribution in [0.15, 0.2) is 66.7 Å². The number of hydrogen-bond donors (Lipinski definition) is 0. The summed E-state index contributed by atoms with van der Waals surface area (Å²) in [7, 11) is 0. The Labute approximate surface area is 178 Å². The molecular weight excluding hydrogens is 425 g/mol. The molecule has 32 heavy (non-hydrogen) atoms. The van der Waals surface area contributed by atoms with Crippen LogP contribution in [0.3, 0.4) is 0 Å². The van der Waals surface area contributed by atoms with E-state index in [4.69, 9.17) is 0 Å². The van der Waals surface area contributed by atoms with Gasteiger partial charge in [0.2, 0.25) is 0 Å². The summed E-state index contributed by atoms with van der Waals surface area (Å²) in [4.78, 5) is 52.8. The fourth-order valence-electron chi connectivity index (χ4n) is 3.98. The minimum atomic E-state index is -4.97. The fourth-order valence-corrected chi connectivity index (χ4v) is 3.98. The molecule has 0 atom stereocenters. The van der Waals surface area contributed by atoms with Gasteiger partial charge in [-0.3, -0.25) is 19.2 Å². The maximum absolute atomic E-state index is 14.0. The van der Waals surface area contributed by atoms with Gasteiger partial charge in [-0.15, -0.1) is 0 Å². The molecule has 0 N–H and O–H groups in total. The van der Waals surface area contributed by atoms with Gasteiger partial charge in [0.25, 0.3) is 23.6 Å². The van der Waals surface area contributed by atoms with E-state index in [9.17, 15) is 32.3 Å². The molecule has 158 valence electrons. The fraction of sp³-hybridized carbons (Fsp3) is 0.0435. The molecule has 2 heterocycles. The van der Waals surface area contributed by atoms with Gasteiger partial charge in [-0.1, -0.05) is 30.3 Å². The highest BCUT2D eigenvalue weighted by atomic mass is 19.4. The van der Waals surface area contributed by atoms with E-state index in [1.54, 1.807) is 0 Å². The number of alkyl halides is 3. The first-order valence-electron chi connectivity index (χ1n) is 9.37. The number of rotatable bonds is 2. The standard InChI is InChI=1S/C23H11F3N2O4/c24-23(25,26)16-10-5-11-17(27-19(29)12-6-1-2-7-13(12)20(27)30)18(16)28-21(31)14-8-3-4-9-15(14)22(28)32/h1-11H. The molecule has 0 saturated heterocycles. The zero-order chi connectivity index (χ0) is 22.8. The average molecular weight is 436 g/mol. The molecule has 6 nitrogen and oxygen atoms in total. The summed E-state index contributed by atoms with van der Waals surface area (Å²) < 4.78 is 41.9. The molecule has 0 saturated carbocycles. The SMILES string of the molecule is O=C1c2ccccc2C(=O)N1c1cccc(C(F)(F)F)c1N1C(=O)c2ccccc2C1=O. The predicted octanol–water partition coefficient (Wildman–Crippen LogP) is 4.31. The lowest BCUT2D eigenvalue weighted by Gasteiger charge is -2.26. The van der Waals surface area contributed by atoms with E-state index in [1.807, 2.05) is 0 Å². The summed E-state index contributed by atoms with van der Waals surface area (Å²) in [5.41, 5.74) is -2.78. The zero-order valence-electron chi connectivity index (χ0n) is 16.0. The van der Waals surface area contributed by atoms with E-state index < -0.39 is 46.7 Å². The largest absolute Gasteiger partial charge is 0.418 e. The van der Waals surface area contributed by atoms with Gasteiger partial charge in [-0.05, 0) is 36.4 Å². The van der Waals surface area contributed by atoms with Gasteiger partial charge in [-0.2, -0.15) is 13.2 Å². The summed E-state index contributed by atoms with van der Waals surface area (Å²) in [6.45, 7) is 0. The van der Waals surface area contributed by atoms with Crippen LogP contribution in [-0.2, 0) is 6.18 Å². The Kier molecular flexibility index (Phi) is 4.07. The number of anilines is 2. The van der Waals surface area contributed by atoms with Gasteiger partial charge in [0.15, 0.2) is 0 Å². The van der Waals surface area contributed by atoms with Crippen LogP contribution in [0.5, 0.6) is 0 Å².